The van der Waals surface area contributed by atoms with E-state index in [0.717, 1.165) is 12.8 Å². The topological polar surface area (TPSA) is 9.23 Å². The lowest BCUT2D eigenvalue weighted by Crippen LogP contribution is -2.41. The molecular weight excluding hydrogens is 304 g/mol. The second-order valence-electron chi connectivity index (χ2n) is 6.71. The molecule has 0 radical (unpaired) electrons. The predicted molar refractivity (Wildman–Crippen MR) is 83.5 cm³/mol. The fourth-order valence-electron chi connectivity index (χ4n) is 2.23. The van der Waals surface area contributed by atoms with E-state index in [2.05, 4.69) is 68.0 Å². The average molecular weight is 327 g/mol. The Morgan fingerprint density at radius 3 is 2.56 bits per heavy atom. The van der Waals surface area contributed by atoms with Crippen molar-refractivity contribution in [2.24, 2.45) is 0 Å². The molecule has 0 spiro atoms. The molecule has 1 aromatic carbocycles. The van der Waals surface area contributed by atoms with Crippen LogP contribution in [-0.4, -0.2) is 8.32 Å². The zero-order valence-electron chi connectivity index (χ0n) is 12.0. The van der Waals surface area contributed by atoms with Crippen LogP contribution in [0.5, 0.6) is 0 Å². The molecule has 1 nitrogen and oxygen atoms in total. The van der Waals surface area contributed by atoms with Gasteiger partial charge in [0.05, 0.1) is 6.10 Å². The lowest BCUT2D eigenvalue weighted by atomic mass is 10.1. The van der Waals surface area contributed by atoms with Crippen molar-refractivity contribution in [3.63, 3.8) is 0 Å². The Hall–Kier alpha value is -0.123. The Morgan fingerprint density at radius 1 is 1.28 bits per heavy atom. The molecule has 1 aliphatic rings. The third kappa shape index (κ3) is 2.58. The lowest BCUT2D eigenvalue weighted by Gasteiger charge is -2.38. The summed E-state index contributed by atoms with van der Waals surface area (Å²) < 4.78 is 7.80. The maximum atomic E-state index is 6.56. The molecule has 0 heterocycles. The van der Waals surface area contributed by atoms with Gasteiger partial charge in [-0.3, -0.25) is 0 Å². The third-order valence-corrected chi connectivity index (χ3v) is 9.63. The molecule has 1 atom stereocenters. The highest BCUT2D eigenvalue weighted by Gasteiger charge is 2.40. The van der Waals surface area contributed by atoms with E-state index in [-0.39, 0.29) is 5.04 Å². The van der Waals surface area contributed by atoms with Gasteiger partial charge in [-0.05, 0) is 48.2 Å². The second kappa shape index (κ2) is 4.77. The fourth-order valence-corrected chi connectivity index (χ4v) is 4.12. The fraction of sp³-hybridized carbons (Fsp3) is 0.600. The summed E-state index contributed by atoms with van der Waals surface area (Å²) in [4.78, 5) is 0. The molecule has 3 heteroatoms. The molecule has 100 valence electrons. The highest BCUT2D eigenvalue weighted by molar-refractivity contribution is 9.10. The van der Waals surface area contributed by atoms with E-state index < -0.39 is 8.32 Å². The van der Waals surface area contributed by atoms with Gasteiger partial charge in [-0.15, -0.1) is 0 Å². The van der Waals surface area contributed by atoms with Gasteiger partial charge in [-0.2, -0.15) is 0 Å². The molecule has 0 bridgehead atoms. The molecule has 2 rings (SSSR count). The van der Waals surface area contributed by atoms with Gasteiger partial charge in [0.25, 0.3) is 0 Å². The van der Waals surface area contributed by atoms with Crippen LogP contribution in [0.25, 0.3) is 0 Å². The summed E-state index contributed by atoms with van der Waals surface area (Å²) in [5.74, 6) is 0. The number of hydrogen-bond acceptors (Lipinski definition) is 1. The van der Waals surface area contributed by atoms with Crippen LogP contribution >= 0.6 is 15.9 Å². The van der Waals surface area contributed by atoms with Gasteiger partial charge in [0, 0.05) is 4.47 Å². The maximum absolute atomic E-state index is 6.56. The van der Waals surface area contributed by atoms with Crippen molar-refractivity contribution in [3.05, 3.63) is 33.8 Å². The van der Waals surface area contributed by atoms with Crippen LogP contribution in [0.2, 0.25) is 18.1 Å². The molecule has 0 saturated carbocycles. The number of fused-ring (bicyclic) bond motifs is 1. The standard InChI is InChI=1S/C15H23BrOSi/c1-15(2,3)18(4,5)17-14-10-9-11-12(14)7-6-8-13(11)16/h6-8,14H,9-10H2,1-5H3/t14-/m0/s1. The predicted octanol–water partition coefficient (Wildman–Crippen LogP) is 5.46. The van der Waals surface area contributed by atoms with E-state index in [1.807, 2.05) is 0 Å². The van der Waals surface area contributed by atoms with Crippen molar-refractivity contribution >= 4 is 24.2 Å². The minimum atomic E-state index is -1.67. The summed E-state index contributed by atoms with van der Waals surface area (Å²) in [6.45, 7) is 11.6. The zero-order valence-corrected chi connectivity index (χ0v) is 14.6. The first-order chi connectivity index (χ1) is 8.22. The zero-order chi connectivity index (χ0) is 13.6. The van der Waals surface area contributed by atoms with Crippen molar-refractivity contribution < 1.29 is 4.43 Å². The van der Waals surface area contributed by atoms with E-state index in [1.54, 1.807) is 0 Å². The highest BCUT2D eigenvalue weighted by atomic mass is 79.9. The first-order valence-corrected chi connectivity index (χ1v) is 10.4. The largest absolute Gasteiger partial charge is 0.410 e. The number of rotatable bonds is 2. The first-order valence-electron chi connectivity index (χ1n) is 6.67. The van der Waals surface area contributed by atoms with Crippen LogP contribution in [0.3, 0.4) is 0 Å². The normalized spacial score (nSPS) is 20.0. The quantitative estimate of drug-likeness (QED) is 0.656. The van der Waals surface area contributed by atoms with E-state index >= 15 is 0 Å². The summed E-state index contributed by atoms with van der Waals surface area (Å²) in [5.41, 5.74) is 2.84. The molecule has 18 heavy (non-hydrogen) atoms. The van der Waals surface area contributed by atoms with Crippen molar-refractivity contribution in [1.82, 2.24) is 0 Å². The van der Waals surface area contributed by atoms with Crippen LogP contribution in [0.1, 0.15) is 44.4 Å². The molecule has 1 aliphatic carbocycles. The van der Waals surface area contributed by atoms with Crippen LogP contribution in [-0.2, 0) is 10.8 Å². The van der Waals surface area contributed by atoms with Crippen molar-refractivity contribution in [1.29, 1.82) is 0 Å². The summed E-state index contributed by atoms with van der Waals surface area (Å²) in [6.07, 6.45) is 2.57. The smallest absolute Gasteiger partial charge is 0.192 e. The van der Waals surface area contributed by atoms with E-state index in [0.29, 0.717) is 6.10 Å². The van der Waals surface area contributed by atoms with Gasteiger partial charge in [0.1, 0.15) is 0 Å². The van der Waals surface area contributed by atoms with Gasteiger partial charge in [-0.25, -0.2) is 0 Å². The van der Waals surface area contributed by atoms with E-state index in [1.165, 1.54) is 15.6 Å². The third-order valence-electron chi connectivity index (χ3n) is 4.40. The molecule has 0 aliphatic heterocycles. The minimum absolute atomic E-state index is 0.280. The monoisotopic (exact) mass is 326 g/mol. The second-order valence-corrected chi connectivity index (χ2v) is 12.3. The number of hydrogen-bond donors (Lipinski definition) is 0. The molecule has 0 aromatic heterocycles. The summed E-state index contributed by atoms with van der Waals surface area (Å²) in [5, 5.41) is 0.280. The highest BCUT2D eigenvalue weighted by Crippen LogP contribution is 2.44. The van der Waals surface area contributed by atoms with Crippen LogP contribution in [0.15, 0.2) is 22.7 Å². The van der Waals surface area contributed by atoms with Gasteiger partial charge in [-0.1, -0.05) is 48.8 Å². The Bertz CT molecular complexity index is 448. The molecular formula is C15H23BrOSi. The van der Waals surface area contributed by atoms with Gasteiger partial charge >= 0.3 is 0 Å². The van der Waals surface area contributed by atoms with Crippen LogP contribution in [0.4, 0.5) is 0 Å². The average Bonchev–Trinajstić information content (AvgIpc) is 2.61. The summed E-state index contributed by atoms with van der Waals surface area (Å²) in [6, 6.07) is 6.48. The van der Waals surface area contributed by atoms with Crippen molar-refractivity contribution in [2.75, 3.05) is 0 Å². The lowest BCUT2D eigenvalue weighted by molar-refractivity contribution is 0.185. The number of halogens is 1. The molecule has 0 unspecified atom stereocenters. The minimum Gasteiger partial charge on any atom is -0.410 e. The summed E-state index contributed by atoms with van der Waals surface area (Å²) in [7, 11) is -1.67. The Balaban J connectivity index is 2.23. The van der Waals surface area contributed by atoms with Gasteiger partial charge in [0.2, 0.25) is 0 Å². The van der Waals surface area contributed by atoms with Crippen molar-refractivity contribution in [2.45, 2.75) is 57.8 Å². The maximum Gasteiger partial charge on any atom is 0.192 e. The number of benzene rings is 1. The Kier molecular flexibility index (Phi) is 3.78. The van der Waals surface area contributed by atoms with Crippen LogP contribution < -0.4 is 0 Å². The van der Waals surface area contributed by atoms with Gasteiger partial charge in [0.15, 0.2) is 8.32 Å². The first kappa shape index (κ1) is 14.3. The Labute approximate surface area is 120 Å². The van der Waals surface area contributed by atoms with E-state index in [9.17, 15) is 0 Å². The molecule has 1 aromatic rings. The molecule has 0 saturated heterocycles. The molecule has 0 amide bonds. The molecule has 0 fully saturated rings. The molecule has 0 N–H and O–H groups in total. The van der Waals surface area contributed by atoms with Crippen molar-refractivity contribution in [3.8, 4) is 0 Å². The SMILES string of the molecule is CC(C)(C)[Si](C)(C)O[C@H]1CCc2c(Br)cccc21. The summed E-state index contributed by atoms with van der Waals surface area (Å²) >= 11 is 3.65. The van der Waals surface area contributed by atoms with Crippen LogP contribution in [0, 0.1) is 0 Å². The van der Waals surface area contributed by atoms with Gasteiger partial charge < -0.3 is 4.43 Å². The van der Waals surface area contributed by atoms with E-state index in [4.69, 9.17) is 4.43 Å². The Morgan fingerprint density at radius 2 is 1.94 bits per heavy atom.